The molecule has 0 saturated heterocycles. The molecule has 1 aromatic carbocycles. The summed E-state index contributed by atoms with van der Waals surface area (Å²) in [5, 5.41) is 2.95. The third-order valence-electron chi connectivity index (χ3n) is 2.29. The van der Waals surface area contributed by atoms with Crippen molar-refractivity contribution in [1.82, 2.24) is 10.0 Å². The van der Waals surface area contributed by atoms with Crippen molar-refractivity contribution in [3.05, 3.63) is 27.7 Å². The number of nitrogens with one attached hydrogen (secondary N) is 2. The molecule has 1 rings (SSSR count). The van der Waals surface area contributed by atoms with Gasteiger partial charge in [0.1, 0.15) is 4.90 Å². The molecule has 0 atom stereocenters. The van der Waals surface area contributed by atoms with Gasteiger partial charge < -0.3 is 5.32 Å². The Hall–Kier alpha value is -0.820. The molecule has 1 amide bonds. The SMILES string of the molecule is CC(=O)NCCNS(=O)(=O)c1cc(C)c(Cl)cc1Cl. The normalized spacial score (nSPS) is 11.4. The number of benzene rings is 1. The summed E-state index contributed by atoms with van der Waals surface area (Å²) in [5.74, 6) is -0.223. The summed E-state index contributed by atoms with van der Waals surface area (Å²) < 4.78 is 26.4. The number of rotatable bonds is 5. The summed E-state index contributed by atoms with van der Waals surface area (Å²) in [6, 6.07) is 2.80. The van der Waals surface area contributed by atoms with E-state index in [2.05, 4.69) is 10.0 Å². The number of halogens is 2. The molecule has 1 aromatic rings. The Morgan fingerprint density at radius 3 is 2.42 bits per heavy atom. The molecule has 0 fully saturated rings. The molecule has 0 spiro atoms. The predicted molar refractivity (Wildman–Crippen MR) is 75.1 cm³/mol. The number of carbonyl (C=O) groups excluding carboxylic acids is 1. The van der Waals surface area contributed by atoms with E-state index in [-0.39, 0.29) is 28.9 Å². The van der Waals surface area contributed by atoms with E-state index >= 15 is 0 Å². The molecule has 0 aliphatic rings. The fourth-order valence-electron chi connectivity index (χ4n) is 1.34. The van der Waals surface area contributed by atoms with Crippen LogP contribution >= 0.6 is 23.2 Å². The van der Waals surface area contributed by atoms with Crippen molar-refractivity contribution >= 4 is 39.1 Å². The third kappa shape index (κ3) is 4.65. The van der Waals surface area contributed by atoms with Gasteiger partial charge in [-0.2, -0.15) is 0 Å². The van der Waals surface area contributed by atoms with Gasteiger partial charge in [0.2, 0.25) is 15.9 Å². The van der Waals surface area contributed by atoms with Crippen LogP contribution in [0, 0.1) is 6.92 Å². The first-order valence-corrected chi connectivity index (χ1v) is 7.67. The van der Waals surface area contributed by atoms with Crippen molar-refractivity contribution < 1.29 is 13.2 Å². The Bertz CT molecular complexity index is 588. The second-order valence-corrected chi connectivity index (χ2v) is 6.46. The second kappa shape index (κ2) is 6.56. The van der Waals surface area contributed by atoms with E-state index in [0.29, 0.717) is 10.6 Å². The van der Waals surface area contributed by atoms with Crippen LogP contribution in [0.1, 0.15) is 12.5 Å². The molecule has 0 saturated carbocycles. The summed E-state index contributed by atoms with van der Waals surface area (Å²) in [7, 11) is -3.72. The fraction of sp³-hybridized carbons (Fsp3) is 0.364. The molecule has 19 heavy (non-hydrogen) atoms. The molecule has 0 bridgehead atoms. The van der Waals surface area contributed by atoms with Crippen LogP contribution in [0.2, 0.25) is 10.0 Å². The van der Waals surface area contributed by atoms with Gasteiger partial charge in [0, 0.05) is 25.0 Å². The predicted octanol–water partition coefficient (Wildman–Crippen LogP) is 1.72. The van der Waals surface area contributed by atoms with Gasteiger partial charge >= 0.3 is 0 Å². The average molecular weight is 325 g/mol. The Morgan fingerprint density at radius 2 is 1.84 bits per heavy atom. The second-order valence-electron chi connectivity index (χ2n) is 3.91. The maximum atomic E-state index is 12.0. The van der Waals surface area contributed by atoms with E-state index in [1.54, 1.807) is 6.92 Å². The number of sulfonamides is 1. The Morgan fingerprint density at radius 1 is 1.21 bits per heavy atom. The number of amides is 1. The zero-order chi connectivity index (χ0) is 14.6. The lowest BCUT2D eigenvalue weighted by Crippen LogP contribution is -2.33. The van der Waals surface area contributed by atoms with Crippen molar-refractivity contribution in [2.45, 2.75) is 18.7 Å². The summed E-state index contributed by atoms with van der Waals surface area (Å²) in [6.07, 6.45) is 0. The molecular weight excluding hydrogens is 311 g/mol. The van der Waals surface area contributed by atoms with Gasteiger partial charge in [-0.15, -0.1) is 0 Å². The van der Waals surface area contributed by atoms with E-state index in [1.807, 2.05) is 0 Å². The molecule has 0 aromatic heterocycles. The van der Waals surface area contributed by atoms with Gasteiger partial charge in [-0.05, 0) is 24.6 Å². The maximum Gasteiger partial charge on any atom is 0.242 e. The van der Waals surface area contributed by atoms with Crippen molar-refractivity contribution in [2.24, 2.45) is 0 Å². The first-order chi connectivity index (χ1) is 8.74. The highest BCUT2D eigenvalue weighted by Crippen LogP contribution is 2.27. The highest BCUT2D eigenvalue weighted by atomic mass is 35.5. The zero-order valence-corrected chi connectivity index (χ0v) is 12.8. The highest BCUT2D eigenvalue weighted by Gasteiger charge is 2.18. The number of hydrogen-bond acceptors (Lipinski definition) is 3. The van der Waals surface area contributed by atoms with Crippen molar-refractivity contribution in [3.8, 4) is 0 Å². The number of hydrogen-bond donors (Lipinski definition) is 2. The minimum absolute atomic E-state index is 0.0288. The molecule has 0 radical (unpaired) electrons. The van der Waals surface area contributed by atoms with Crippen LogP contribution in [-0.2, 0) is 14.8 Å². The van der Waals surface area contributed by atoms with Gasteiger partial charge in [0.05, 0.1) is 5.02 Å². The molecule has 0 heterocycles. The fourth-order valence-corrected chi connectivity index (χ4v) is 3.20. The summed E-state index contributed by atoms with van der Waals surface area (Å²) >= 11 is 11.7. The molecular formula is C11H14Cl2N2O3S. The summed E-state index contributed by atoms with van der Waals surface area (Å²) in [6.45, 7) is 3.33. The van der Waals surface area contributed by atoms with Gasteiger partial charge in [-0.3, -0.25) is 4.79 Å². The van der Waals surface area contributed by atoms with E-state index in [0.717, 1.165) is 0 Å². The first-order valence-electron chi connectivity index (χ1n) is 5.44. The summed E-state index contributed by atoms with van der Waals surface area (Å²) in [4.78, 5) is 10.6. The van der Waals surface area contributed by atoms with Gasteiger partial charge in [-0.25, -0.2) is 13.1 Å². The lowest BCUT2D eigenvalue weighted by molar-refractivity contribution is -0.118. The molecule has 0 aliphatic carbocycles. The van der Waals surface area contributed by atoms with Crippen LogP contribution in [0.4, 0.5) is 0 Å². The van der Waals surface area contributed by atoms with E-state index in [9.17, 15) is 13.2 Å². The van der Waals surface area contributed by atoms with Crippen LogP contribution in [0.25, 0.3) is 0 Å². The maximum absolute atomic E-state index is 12.0. The Balaban J connectivity index is 2.83. The van der Waals surface area contributed by atoms with Gasteiger partial charge in [0.15, 0.2) is 0 Å². The molecule has 106 valence electrons. The number of aryl methyl sites for hydroxylation is 1. The van der Waals surface area contributed by atoms with Crippen LogP contribution < -0.4 is 10.0 Å². The van der Waals surface area contributed by atoms with Crippen LogP contribution in [-0.4, -0.2) is 27.4 Å². The van der Waals surface area contributed by atoms with Crippen molar-refractivity contribution in [1.29, 1.82) is 0 Å². The van der Waals surface area contributed by atoms with Gasteiger partial charge in [-0.1, -0.05) is 23.2 Å². The van der Waals surface area contributed by atoms with Gasteiger partial charge in [0.25, 0.3) is 0 Å². The third-order valence-corrected chi connectivity index (χ3v) is 4.63. The molecule has 0 unspecified atom stereocenters. The molecule has 8 heteroatoms. The topological polar surface area (TPSA) is 75.3 Å². The quantitative estimate of drug-likeness (QED) is 0.810. The highest BCUT2D eigenvalue weighted by molar-refractivity contribution is 7.89. The summed E-state index contributed by atoms with van der Waals surface area (Å²) in [5.41, 5.74) is 0.619. The molecule has 0 aliphatic heterocycles. The Kier molecular flexibility index (Phi) is 5.61. The Labute approximate surface area is 122 Å². The monoisotopic (exact) mass is 324 g/mol. The van der Waals surface area contributed by atoms with E-state index in [1.165, 1.54) is 19.1 Å². The average Bonchev–Trinajstić information content (AvgIpc) is 2.29. The largest absolute Gasteiger partial charge is 0.355 e. The van der Waals surface area contributed by atoms with Crippen molar-refractivity contribution in [2.75, 3.05) is 13.1 Å². The lowest BCUT2D eigenvalue weighted by atomic mass is 10.2. The minimum Gasteiger partial charge on any atom is -0.355 e. The van der Waals surface area contributed by atoms with Crippen LogP contribution in [0.15, 0.2) is 17.0 Å². The van der Waals surface area contributed by atoms with E-state index in [4.69, 9.17) is 23.2 Å². The minimum atomic E-state index is -3.72. The van der Waals surface area contributed by atoms with E-state index < -0.39 is 10.0 Å². The lowest BCUT2D eigenvalue weighted by Gasteiger charge is -2.10. The first kappa shape index (κ1) is 16.2. The molecule has 5 nitrogen and oxygen atoms in total. The number of carbonyl (C=O) groups is 1. The smallest absolute Gasteiger partial charge is 0.242 e. The van der Waals surface area contributed by atoms with Crippen LogP contribution in [0.5, 0.6) is 0 Å². The zero-order valence-electron chi connectivity index (χ0n) is 10.5. The molecule has 2 N–H and O–H groups in total. The standard InChI is InChI=1S/C11H14Cl2N2O3S/c1-7-5-11(10(13)6-9(7)12)19(17,18)15-4-3-14-8(2)16/h5-6,15H,3-4H2,1-2H3,(H,14,16). The van der Waals surface area contributed by atoms with Crippen LogP contribution in [0.3, 0.4) is 0 Å². The van der Waals surface area contributed by atoms with Crippen molar-refractivity contribution in [3.63, 3.8) is 0 Å².